The molecule has 0 spiro atoms. The first-order chi connectivity index (χ1) is 5.38. The van der Waals surface area contributed by atoms with Gasteiger partial charge in [-0.1, -0.05) is 19.3 Å². The third-order valence-corrected chi connectivity index (χ3v) is 3.59. The minimum Gasteiger partial charge on any atom is -0.314 e. The molecule has 1 heterocycles. The maximum Gasteiger partial charge on any atom is 0.00696 e. The summed E-state index contributed by atoms with van der Waals surface area (Å²) in [4.78, 5) is 0. The number of nitrogens with one attached hydrogen (secondary N) is 1. The first-order valence-electron chi connectivity index (χ1n) is 5.11. The Hall–Kier alpha value is -0.0400. The van der Waals surface area contributed by atoms with E-state index in [0.717, 1.165) is 17.9 Å². The van der Waals surface area contributed by atoms with E-state index >= 15 is 0 Å². The average Bonchev–Trinajstić information content (AvgIpc) is 2.06. The van der Waals surface area contributed by atoms with E-state index in [9.17, 15) is 0 Å². The fourth-order valence-corrected chi connectivity index (χ4v) is 2.90. The monoisotopic (exact) mass is 153 g/mol. The van der Waals surface area contributed by atoms with Crippen LogP contribution in [0.1, 0.15) is 39.0 Å². The standard InChI is InChI=1S/C10H19N/c1-8-10-5-3-2-4-9(10)6-7-11-8/h8-11H,2-7H2,1H3/t8-,9-,10-/m1/s1. The van der Waals surface area contributed by atoms with Gasteiger partial charge in [0.25, 0.3) is 0 Å². The van der Waals surface area contributed by atoms with Crippen molar-refractivity contribution in [2.24, 2.45) is 11.8 Å². The van der Waals surface area contributed by atoms with E-state index in [0.29, 0.717) is 0 Å². The molecule has 2 rings (SSSR count). The molecular weight excluding hydrogens is 134 g/mol. The fraction of sp³-hybridized carbons (Fsp3) is 1.00. The van der Waals surface area contributed by atoms with Crippen molar-refractivity contribution < 1.29 is 0 Å². The van der Waals surface area contributed by atoms with Crippen LogP contribution in [0.3, 0.4) is 0 Å². The molecular formula is C10H19N. The van der Waals surface area contributed by atoms with E-state index in [2.05, 4.69) is 12.2 Å². The summed E-state index contributed by atoms with van der Waals surface area (Å²) < 4.78 is 0. The Morgan fingerprint density at radius 3 is 2.73 bits per heavy atom. The Morgan fingerprint density at radius 2 is 1.91 bits per heavy atom. The number of rotatable bonds is 0. The number of hydrogen-bond acceptors (Lipinski definition) is 1. The molecule has 0 bridgehead atoms. The van der Waals surface area contributed by atoms with E-state index in [1.165, 1.54) is 38.6 Å². The highest BCUT2D eigenvalue weighted by molar-refractivity contribution is 4.86. The van der Waals surface area contributed by atoms with Crippen LogP contribution in [0.15, 0.2) is 0 Å². The van der Waals surface area contributed by atoms with Crippen molar-refractivity contribution in [3.63, 3.8) is 0 Å². The molecule has 0 aromatic heterocycles. The SMILES string of the molecule is C[C@H]1NCC[C@H]2CCCC[C@@H]21. The number of hydrogen-bond donors (Lipinski definition) is 1. The van der Waals surface area contributed by atoms with Crippen molar-refractivity contribution in [2.75, 3.05) is 6.54 Å². The summed E-state index contributed by atoms with van der Waals surface area (Å²) >= 11 is 0. The zero-order chi connectivity index (χ0) is 7.68. The van der Waals surface area contributed by atoms with Crippen LogP contribution in [-0.4, -0.2) is 12.6 Å². The summed E-state index contributed by atoms with van der Waals surface area (Å²) in [5.41, 5.74) is 0. The Morgan fingerprint density at radius 1 is 1.09 bits per heavy atom. The summed E-state index contributed by atoms with van der Waals surface area (Å²) in [7, 11) is 0. The van der Waals surface area contributed by atoms with Gasteiger partial charge in [-0.3, -0.25) is 0 Å². The van der Waals surface area contributed by atoms with Gasteiger partial charge < -0.3 is 5.32 Å². The molecule has 0 radical (unpaired) electrons. The second-order valence-electron chi connectivity index (χ2n) is 4.24. The van der Waals surface area contributed by atoms with Crippen LogP contribution in [0.5, 0.6) is 0 Å². The topological polar surface area (TPSA) is 12.0 Å². The van der Waals surface area contributed by atoms with Crippen molar-refractivity contribution in [3.05, 3.63) is 0 Å². The van der Waals surface area contributed by atoms with Crippen LogP contribution in [0.25, 0.3) is 0 Å². The summed E-state index contributed by atoms with van der Waals surface area (Å²) in [5, 5.41) is 3.58. The maximum atomic E-state index is 3.58. The van der Waals surface area contributed by atoms with Gasteiger partial charge in [-0.05, 0) is 38.1 Å². The third-order valence-electron chi connectivity index (χ3n) is 3.59. The number of fused-ring (bicyclic) bond motifs is 1. The third kappa shape index (κ3) is 1.44. The van der Waals surface area contributed by atoms with Crippen LogP contribution < -0.4 is 5.32 Å². The maximum absolute atomic E-state index is 3.58. The summed E-state index contributed by atoms with van der Waals surface area (Å²) in [6.07, 6.45) is 7.41. The van der Waals surface area contributed by atoms with Gasteiger partial charge in [-0.25, -0.2) is 0 Å². The van der Waals surface area contributed by atoms with Crippen molar-refractivity contribution >= 4 is 0 Å². The van der Waals surface area contributed by atoms with Crippen molar-refractivity contribution in [1.82, 2.24) is 5.32 Å². The quantitative estimate of drug-likeness (QED) is 0.562. The van der Waals surface area contributed by atoms with Gasteiger partial charge in [-0.15, -0.1) is 0 Å². The van der Waals surface area contributed by atoms with Crippen LogP contribution in [0.4, 0.5) is 0 Å². The van der Waals surface area contributed by atoms with Crippen molar-refractivity contribution in [2.45, 2.75) is 45.1 Å². The molecule has 0 unspecified atom stereocenters. The van der Waals surface area contributed by atoms with E-state index in [1.807, 2.05) is 0 Å². The zero-order valence-corrected chi connectivity index (χ0v) is 7.47. The van der Waals surface area contributed by atoms with Gasteiger partial charge in [0.2, 0.25) is 0 Å². The van der Waals surface area contributed by atoms with E-state index in [1.54, 1.807) is 0 Å². The minimum atomic E-state index is 0.800. The first-order valence-corrected chi connectivity index (χ1v) is 5.11. The van der Waals surface area contributed by atoms with Gasteiger partial charge in [0.1, 0.15) is 0 Å². The van der Waals surface area contributed by atoms with E-state index < -0.39 is 0 Å². The van der Waals surface area contributed by atoms with Gasteiger partial charge in [-0.2, -0.15) is 0 Å². The lowest BCUT2D eigenvalue weighted by Crippen LogP contribution is -2.45. The molecule has 11 heavy (non-hydrogen) atoms. The van der Waals surface area contributed by atoms with Crippen molar-refractivity contribution in [1.29, 1.82) is 0 Å². The van der Waals surface area contributed by atoms with Gasteiger partial charge in [0.15, 0.2) is 0 Å². The Labute approximate surface area is 69.6 Å². The molecule has 0 amide bonds. The van der Waals surface area contributed by atoms with Crippen molar-refractivity contribution in [3.8, 4) is 0 Å². The molecule has 1 aliphatic carbocycles. The molecule has 2 fully saturated rings. The fourth-order valence-electron chi connectivity index (χ4n) is 2.90. The molecule has 0 aromatic carbocycles. The predicted octanol–water partition coefficient (Wildman–Crippen LogP) is 2.17. The number of piperidine rings is 1. The van der Waals surface area contributed by atoms with Crippen LogP contribution in [-0.2, 0) is 0 Å². The molecule has 1 nitrogen and oxygen atoms in total. The first kappa shape index (κ1) is 7.60. The lowest BCUT2D eigenvalue weighted by atomic mass is 9.72. The second kappa shape index (κ2) is 3.14. The lowest BCUT2D eigenvalue weighted by molar-refractivity contribution is 0.142. The highest BCUT2D eigenvalue weighted by Crippen LogP contribution is 2.36. The largest absolute Gasteiger partial charge is 0.314 e. The van der Waals surface area contributed by atoms with Crippen LogP contribution >= 0.6 is 0 Å². The Bertz CT molecular complexity index is 131. The normalized spacial score (nSPS) is 45.0. The highest BCUT2D eigenvalue weighted by Gasteiger charge is 2.31. The molecule has 1 saturated carbocycles. The Balaban J connectivity index is 1.99. The molecule has 64 valence electrons. The second-order valence-corrected chi connectivity index (χ2v) is 4.24. The minimum absolute atomic E-state index is 0.800. The van der Waals surface area contributed by atoms with Gasteiger partial charge >= 0.3 is 0 Å². The summed E-state index contributed by atoms with van der Waals surface area (Å²) in [6.45, 7) is 3.63. The summed E-state index contributed by atoms with van der Waals surface area (Å²) in [6, 6.07) is 0.800. The smallest absolute Gasteiger partial charge is 0.00696 e. The summed E-state index contributed by atoms with van der Waals surface area (Å²) in [5.74, 6) is 2.08. The Kier molecular flexibility index (Phi) is 2.17. The van der Waals surface area contributed by atoms with Crippen LogP contribution in [0, 0.1) is 11.8 Å². The van der Waals surface area contributed by atoms with Gasteiger partial charge in [0, 0.05) is 6.04 Å². The molecule has 1 N–H and O–H groups in total. The molecule has 1 aliphatic heterocycles. The lowest BCUT2D eigenvalue weighted by Gasteiger charge is -2.40. The zero-order valence-electron chi connectivity index (χ0n) is 7.47. The van der Waals surface area contributed by atoms with Crippen LogP contribution in [0.2, 0.25) is 0 Å². The molecule has 1 saturated heterocycles. The van der Waals surface area contributed by atoms with Gasteiger partial charge in [0.05, 0.1) is 0 Å². The molecule has 2 aliphatic rings. The molecule has 3 atom stereocenters. The van der Waals surface area contributed by atoms with E-state index in [4.69, 9.17) is 0 Å². The molecule has 1 heteroatoms. The highest BCUT2D eigenvalue weighted by atomic mass is 14.9. The molecule has 0 aromatic rings. The van der Waals surface area contributed by atoms with E-state index in [-0.39, 0.29) is 0 Å². The predicted molar refractivity (Wildman–Crippen MR) is 47.5 cm³/mol. The average molecular weight is 153 g/mol.